The Hall–Kier alpha value is -2.55. The molecule has 0 bridgehead atoms. The molecule has 3 nitrogen and oxygen atoms in total. The molecule has 22 heavy (non-hydrogen) atoms. The van der Waals surface area contributed by atoms with Crippen molar-refractivity contribution in [2.45, 2.75) is 20.8 Å². The summed E-state index contributed by atoms with van der Waals surface area (Å²) in [5.41, 5.74) is 7.05. The van der Waals surface area contributed by atoms with Gasteiger partial charge >= 0.3 is 0 Å². The number of methoxy groups -OCH3 is 1. The highest BCUT2D eigenvalue weighted by Crippen LogP contribution is 2.36. The summed E-state index contributed by atoms with van der Waals surface area (Å²) in [5, 5.41) is 0. The number of ether oxygens (including phenoxy) is 1. The number of hydrogen-bond donors (Lipinski definition) is 0. The zero-order chi connectivity index (χ0) is 15.9. The highest BCUT2D eigenvalue weighted by atomic mass is 16.5. The molecular weight excluding hydrogens is 274 g/mol. The molecule has 0 saturated heterocycles. The number of pyridine rings is 1. The van der Waals surface area contributed by atoms with Crippen molar-refractivity contribution in [2.75, 3.05) is 7.11 Å². The lowest BCUT2D eigenvalue weighted by Gasteiger charge is -2.11. The van der Waals surface area contributed by atoms with E-state index in [0.717, 1.165) is 34.2 Å². The molecule has 1 aromatic carbocycles. The van der Waals surface area contributed by atoms with Crippen molar-refractivity contribution in [2.24, 2.45) is 0 Å². The Morgan fingerprint density at radius 3 is 2.41 bits per heavy atom. The molecule has 3 rings (SSSR count). The maximum Gasteiger partial charge on any atom is 0.167 e. The number of aryl methyl sites for hydroxylation is 3. The van der Waals surface area contributed by atoms with Crippen LogP contribution in [0.1, 0.15) is 27.2 Å². The first kappa shape index (κ1) is 14.4. The molecule has 0 spiro atoms. The molecule has 0 unspecified atom stereocenters. The summed E-state index contributed by atoms with van der Waals surface area (Å²) in [6, 6.07) is 10.2. The minimum atomic E-state index is 0.653. The van der Waals surface area contributed by atoms with Crippen LogP contribution in [-0.2, 0) is 0 Å². The van der Waals surface area contributed by atoms with Gasteiger partial charge in [0.05, 0.1) is 12.8 Å². The molecule has 0 saturated carbocycles. The molecule has 2 heterocycles. The number of aromatic nitrogens is 1. The van der Waals surface area contributed by atoms with Crippen LogP contribution in [0.5, 0.6) is 5.75 Å². The van der Waals surface area contributed by atoms with Gasteiger partial charge in [0.1, 0.15) is 5.75 Å². The van der Waals surface area contributed by atoms with E-state index < -0.39 is 0 Å². The Balaban J connectivity index is 2.38. The molecule has 0 N–H and O–H groups in total. The van der Waals surface area contributed by atoms with Gasteiger partial charge in [0, 0.05) is 22.8 Å². The third-order valence-corrected chi connectivity index (χ3v) is 4.28. The van der Waals surface area contributed by atoms with Crippen molar-refractivity contribution in [3.05, 3.63) is 58.9 Å². The minimum absolute atomic E-state index is 0.653. The van der Waals surface area contributed by atoms with Crippen molar-refractivity contribution in [3.8, 4) is 16.9 Å². The van der Waals surface area contributed by atoms with Crippen LogP contribution in [0.25, 0.3) is 16.6 Å². The van der Waals surface area contributed by atoms with Crippen molar-refractivity contribution in [1.29, 1.82) is 0 Å². The predicted octanol–water partition coefficient (Wildman–Crippen LogP) is 4.35. The number of rotatable bonds is 3. The lowest BCUT2D eigenvalue weighted by atomic mass is 9.99. The van der Waals surface area contributed by atoms with Crippen LogP contribution in [0.2, 0.25) is 0 Å². The second kappa shape index (κ2) is 5.34. The maximum atomic E-state index is 11.7. The number of fused-ring (bicyclic) bond motifs is 1. The van der Waals surface area contributed by atoms with Gasteiger partial charge in [0.2, 0.25) is 0 Å². The number of carbonyl (C=O) groups excluding carboxylic acids is 1. The molecule has 3 heteroatoms. The van der Waals surface area contributed by atoms with Gasteiger partial charge < -0.3 is 9.14 Å². The quantitative estimate of drug-likeness (QED) is 0.672. The molecular formula is C19H19NO2. The van der Waals surface area contributed by atoms with Crippen LogP contribution < -0.4 is 4.74 Å². The second-order valence-electron chi connectivity index (χ2n) is 5.64. The maximum absolute atomic E-state index is 11.7. The third kappa shape index (κ3) is 2.10. The average Bonchev–Trinajstić information content (AvgIpc) is 2.89. The van der Waals surface area contributed by atoms with E-state index in [4.69, 9.17) is 4.74 Å². The topological polar surface area (TPSA) is 30.7 Å². The van der Waals surface area contributed by atoms with E-state index in [9.17, 15) is 4.79 Å². The predicted molar refractivity (Wildman–Crippen MR) is 89.0 cm³/mol. The summed E-state index contributed by atoms with van der Waals surface area (Å²) >= 11 is 0. The molecule has 0 radical (unpaired) electrons. The van der Waals surface area contributed by atoms with E-state index in [1.807, 2.05) is 35.7 Å². The summed E-state index contributed by atoms with van der Waals surface area (Å²) < 4.78 is 7.47. The van der Waals surface area contributed by atoms with Gasteiger partial charge in [-0.1, -0.05) is 6.07 Å². The highest BCUT2D eigenvalue weighted by Gasteiger charge is 2.16. The van der Waals surface area contributed by atoms with E-state index in [-0.39, 0.29) is 0 Å². The van der Waals surface area contributed by atoms with Gasteiger partial charge in [-0.3, -0.25) is 4.79 Å². The summed E-state index contributed by atoms with van der Waals surface area (Å²) in [6.45, 7) is 6.17. The van der Waals surface area contributed by atoms with E-state index in [1.54, 1.807) is 7.11 Å². The van der Waals surface area contributed by atoms with Crippen LogP contribution in [-0.4, -0.2) is 17.8 Å². The third-order valence-electron chi connectivity index (χ3n) is 4.28. The first-order valence-electron chi connectivity index (χ1n) is 7.28. The van der Waals surface area contributed by atoms with Gasteiger partial charge in [-0.05, 0) is 61.7 Å². The standard InChI is InChI=1S/C19H19NO2/c1-12-6-5-7-20-17(12)10-15(18(20)11-21)16-8-13(2)14(3)9-19(16)22-4/h5-11H,1-4H3. The summed E-state index contributed by atoms with van der Waals surface area (Å²) in [6.07, 6.45) is 2.83. The normalized spacial score (nSPS) is 10.9. The number of nitrogens with zero attached hydrogens (tertiary/aromatic N) is 1. The molecule has 0 aliphatic heterocycles. The number of hydrogen-bond acceptors (Lipinski definition) is 2. The van der Waals surface area contributed by atoms with Gasteiger partial charge in [-0.2, -0.15) is 0 Å². The molecule has 0 atom stereocenters. The first-order valence-corrected chi connectivity index (χ1v) is 7.28. The monoisotopic (exact) mass is 293 g/mol. The van der Waals surface area contributed by atoms with E-state index in [1.165, 1.54) is 11.1 Å². The SMILES string of the molecule is COc1cc(C)c(C)cc1-c1cc2c(C)cccn2c1C=O. The molecule has 112 valence electrons. The molecule has 3 aromatic rings. The molecule has 2 aromatic heterocycles. The second-order valence-corrected chi connectivity index (χ2v) is 5.64. The van der Waals surface area contributed by atoms with Crippen LogP contribution in [0.15, 0.2) is 36.5 Å². The van der Waals surface area contributed by atoms with Crippen LogP contribution in [0.4, 0.5) is 0 Å². The Kier molecular flexibility index (Phi) is 3.49. The van der Waals surface area contributed by atoms with E-state index in [0.29, 0.717) is 5.69 Å². The molecule has 0 aliphatic rings. The number of aldehydes is 1. The average molecular weight is 293 g/mol. The van der Waals surface area contributed by atoms with E-state index in [2.05, 4.69) is 26.0 Å². The number of carbonyl (C=O) groups is 1. The molecule has 0 aliphatic carbocycles. The van der Waals surface area contributed by atoms with Crippen molar-refractivity contribution in [1.82, 2.24) is 4.40 Å². The molecule has 0 amide bonds. The Bertz CT molecular complexity index is 875. The first-order chi connectivity index (χ1) is 10.6. The van der Waals surface area contributed by atoms with Gasteiger partial charge in [-0.25, -0.2) is 0 Å². The van der Waals surface area contributed by atoms with Gasteiger partial charge in [0.25, 0.3) is 0 Å². The number of benzene rings is 1. The fourth-order valence-electron chi connectivity index (χ4n) is 2.87. The summed E-state index contributed by atoms with van der Waals surface area (Å²) in [4.78, 5) is 11.7. The largest absolute Gasteiger partial charge is 0.496 e. The Morgan fingerprint density at radius 1 is 1.00 bits per heavy atom. The minimum Gasteiger partial charge on any atom is -0.496 e. The van der Waals surface area contributed by atoms with Crippen LogP contribution in [0, 0.1) is 20.8 Å². The van der Waals surface area contributed by atoms with Crippen molar-refractivity contribution < 1.29 is 9.53 Å². The van der Waals surface area contributed by atoms with Crippen LogP contribution in [0.3, 0.4) is 0 Å². The molecule has 0 fully saturated rings. The smallest absolute Gasteiger partial charge is 0.167 e. The summed E-state index contributed by atoms with van der Waals surface area (Å²) in [5.74, 6) is 0.791. The lowest BCUT2D eigenvalue weighted by molar-refractivity contribution is 0.111. The Labute approximate surface area is 130 Å². The zero-order valence-corrected chi connectivity index (χ0v) is 13.3. The van der Waals surface area contributed by atoms with E-state index >= 15 is 0 Å². The van der Waals surface area contributed by atoms with Crippen molar-refractivity contribution in [3.63, 3.8) is 0 Å². The van der Waals surface area contributed by atoms with Gasteiger partial charge in [0.15, 0.2) is 6.29 Å². The lowest BCUT2D eigenvalue weighted by Crippen LogP contribution is -1.95. The van der Waals surface area contributed by atoms with Crippen LogP contribution >= 0.6 is 0 Å². The fourth-order valence-corrected chi connectivity index (χ4v) is 2.87. The summed E-state index contributed by atoms with van der Waals surface area (Å²) in [7, 11) is 1.66. The van der Waals surface area contributed by atoms with Crippen molar-refractivity contribution >= 4 is 11.8 Å². The zero-order valence-electron chi connectivity index (χ0n) is 13.3. The highest BCUT2D eigenvalue weighted by molar-refractivity contribution is 5.92. The Morgan fingerprint density at radius 2 is 1.73 bits per heavy atom. The van der Waals surface area contributed by atoms with Gasteiger partial charge in [-0.15, -0.1) is 0 Å². The fraction of sp³-hybridized carbons (Fsp3) is 0.211.